The molecule has 1 aromatic carbocycles. The van der Waals surface area contributed by atoms with Gasteiger partial charge in [-0.1, -0.05) is 0 Å². The van der Waals surface area contributed by atoms with Gasteiger partial charge >= 0.3 is 0 Å². The minimum absolute atomic E-state index is 0.407. The minimum Gasteiger partial charge on any atom is -0.493 e. The highest BCUT2D eigenvalue weighted by Crippen LogP contribution is 2.18. The van der Waals surface area contributed by atoms with Crippen LogP contribution in [0, 0.1) is 23.5 Å². The van der Waals surface area contributed by atoms with E-state index in [0.717, 1.165) is 7.11 Å². The molecule has 0 N–H and O–H groups in total. The highest BCUT2D eigenvalue weighted by atomic mass is 19.2. The van der Waals surface area contributed by atoms with Crippen molar-refractivity contribution in [2.24, 2.45) is 0 Å². The fourth-order valence-electron chi connectivity index (χ4n) is 0.608. The van der Waals surface area contributed by atoms with E-state index in [2.05, 4.69) is 4.74 Å². The first-order valence-corrected chi connectivity index (χ1v) is 2.76. The second-order valence-electron chi connectivity index (χ2n) is 1.81. The van der Waals surface area contributed by atoms with E-state index in [1.165, 1.54) is 0 Å². The number of benzene rings is 1. The molecular formula is C7H4F3O. The molecule has 1 radical (unpaired) electrons. The largest absolute Gasteiger partial charge is 0.493 e. The Morgan fingerprint density at radius 3 is 2.45 bits per heavy atom. The van der Waals surface area contributed by atoms with Crippen LogP contribution in [0.2, 0.25) is 0 Å². The molecular weight excluding hydrogens is 157 g/mol. The molecule has 1 aromatic rings. The second kappa shape index (κ2) is 2.82. The third kappa shape index (κ3) is 1.45. The highest BCUT2D eigenvalue weighted by Gasteiger charge is 2.09. The Morgan fingerprint density at radius 1 is 1.27 bits per heavy atom. The molecule has 1 rings (SSSR count). The van der Waals surface area contributed by atoms with Gasteiger partial charge in [0.15, 0.2) is 23.2 Å². The summed E-state index contributed by atoms with van der Waals surface area (Å²) in [6, 6.07) is 2.16. The van der Waals surface area contributed by atoms with Gasteiger partial charge in [-0.15, -0.1) is 0 Å². The number of rotatable bonds is 1. The van der Waals surface area contributed by atoms with Crippen LogP contribution in [-0.4, -0.2) is 7.11 Å². The lowest BCUT2D eigenvalue weighted by Crippen LogP contribution is -1.92. The van der Waals surface area contributed by atoms with E-state index < -0.39 is 23.2 Å². The van der Waals surface area contributed by atoms with E-state index in [1.54, 1.807) is 6.07 Å². The summed E-state index contributed by atoms with van der Waals surface area (Å²) in [4.78, 5) is 0. The van der Waals surface area contributed by atoms with Gasteiger partial charge in [-0.3, -0.25) is 0 Å². The first kappa shape index (κ1) is 7.91. The third-order valence-corrected chi connectivity index (χ3v) is 1.11. The van der Waals surface area contributed by atoms with Crippen molar-refractivity contribution in [1.82, 2.24) is 0 Å². The third-order valence-electron chi connectivity index (χ3n) is 1.11. The normalized spacial score (nSPS) is 9.82. The summed E-state index contributed by atoms with van der Waals surface area (Å²) < 4.78 is 41.3. The smallest absolute Gasteiger partial charge is 0.170 e. The zero-order valence-electron chi connectivity index (χ0n) is 5.62. The van der Waals surface area contributed by atoms with Crippen LogP contribution in [0.5, 0.6) is 5.75 Å². The Balaban J connectivity index is 3.21. The zero-order chi connectivity index (χ0) is 8.43. The number of methoxy groups -OCH3 is 1. The molecule has 0 amide bonds. The van der Waals surface area contributed by atoms with Gasteiger partial charge in [0.1, 0.15) is 0 Å². The van der Waals surface area contributed by atoms with E-state index in [1.807, 2.05) is 0 Å². The predicted octanol–water partition coefficient (Wildman–Crippen LogP) is 1.91. The van der Waals surface area contributed by atoms with Crippen LogP contribution < -0.4 is 4.74 Å². The lowest BCUT2D eigenvalue weighted by molar-refractivity contribution is 0.374. The highest BCUT2D eigenvalue weighted by molar-refractivity contribution is 5.24. The molecule has 59 valence electrons. The average Bonchev–Trinajstić information content (AvgIpc) is 1.97. The topological polar surface area (TPSA) is 9.23 Å². The van der Waals surface area contributed by atoms with Crippen LogP contribution in [0.4, 0.5) is 13.2 Å². The van der Waals surface area contributed by atoms with Gasteiger partial charge in [0.05, 0.1) is 13.2 Å². The van der Waals surface area contributed by atoms with Crippen molar-refractivity contribution >= 4 is 0 Å². The molecule has 0 aliphatic rings. The van der Waals surface area contributed by atoms with Crippen LogP contribution in [0.25, 0.3) is 0 Å². The Kier molecular flexibility index (Phi) is 2.03. The number of ether oxygens (including phenoxy) is 1. The van der Waals surface area contributed by atoms with Crippen molar-refractivity contribution in [3.05, 3.63) is 29.6 Å². The van der Waals surface area contributed by atoms with E-state index >= 15 is 0 Å². The summed E-state index contributed by atoms with van der Waals surface area (Å²) in [7, 11) is 1.15. The van der Waals surface area contributed by atoms with Crippen LogP contribution in [0.3, 0.4) is 0 Å². The average molecular weight is 161 g/mol. The Bertz CT molecular complexity index is 273. The zero-order valence-corrected chi connectivity index (χ0v) is 5.62. The van der Waals surface area contributed by atoms with Gasteiger partial charge in [-0.25, -0.2) is 13.2 Å². The van der Waals surface area contributed by atoms with Crippen molar-refractivity contribution in [2.45, 2.75) is 0 Å². The molecule has 0 atom stereocenters. The predicted molar refractivity (Wildman–Crippen MR) is 31.7 cm³/mol. The first-order valence-electron chi connectivity index (χ1n) is 2.76. The summed E-state index contributed by atoms with van der Waals surface area (Å²) in [5, 5.41) is 0. The van der Waals surface area contributed by atoms with E-state index in [4.69, 9.17) is 0 Å². The lowest BCUT2D eigenvalue weighted by atomic mass is 10.3. The molecule has 0 fully saturated rings. The van der Waals surface area contributed by atoms with Gasteiger partial charge in [-0.05, 0) is 0 Å². The van der Waals surface area contributed by atoms with Crippen molar-refractivity contribution in [1.29, 1.82) is 0 Å². The molecule has 0 saturated carbocycles. The second-order valence-corrected chi connectivity index (χ2v) is 1.81. The fourth-order valence-corrected chi connectivity index (χ4v) is 0.608. The molecule has 0 heterocycles. The summed E-state index contributed by atoms with van der Waals surface area (Å²) in [6.45, 7) is 0. The summed E-state index contributed by atoms with van der Waals surface area (Å²) in [5.41, 5.74) is 0. The number of halogens is 3. The Labute approximate surface area is 61.4 Å². The lowest BCUT2D eigenvalue weighted by Gasteiger charge is -2.00. The molecule has 11 heavy (non-hydrogen) atoms. The van der Waals surface area contributed by atoms with Gasteiger partial charge < -0.3 is 4.74 Å². The molecule has 0 aromatic heterocycles. The van der Waals surface area contributed by atoms with Crippen LogP contribution in [0.15, 0.2) is 6.07 Å². The van der Waals surface area contributed by atoms with Crippen molar-refractivity contribution in [2.75, 3.05) is 7.11 Å². The van der Waals surface area contributed by atoms with E-state index in [0.29, 0.717) is 6.07 Å². The molecule has 1 nitrogen and oxygen atoms in total. The molecule has 0 spiro atoms. The molecule has 0 bridgehead atoms. The van der Waals surface area contributed by atoms with Crippen LogP contribution in [-0.2, 0) is 0 Å². The number of hydrogen-bond donors (Lipinski definition) is 0. The molecule has 0 unspecified atom stereocenters. The van der Waals surface area contributed by atoms with Crippen molar-refractivity contribution < 1.29 is 17.9 Å². The summed E-state index contributed by atoms with van der Waals surface area (Å²) >= 11 is 0. The SMILES string of the molecule is COc1[c]c(F)c(F)cc1F. The Morgan fingerprint density at radius 2 is 1.91 bits per heavy atom. The van der Waals surface area contributed by atoms with Gasteiger partial charge in [-0.2, -0.15) is 0 Å². The number of hydrogen-bond acceptors (Lipinski definition) is 1. The first-order chi connectivity index (χ1) is 5.15. The van der Waals surface area contributed by atoms with E-state index in [-0.39, 0.29) is 0 Å². The molecule has 0 aliphatic carbocycles. The van der Waals surface area contributed by atoms with Gasteiger partial charge in [0.25, 0.3) is 0 Å². The van der Waals surface area contributed by atoms with Crippen molar-refractivity contribution in [3.8, 4) is 5.75 Å². The van der Waals surface area contributed by atoms with Crippen molar-refractivity contribution in [3.63, 3.8) is 0 Å². The maximum absolute atomic E-state index is 12.5. The quantitative estimate of drug-likeness (QED) is 0.571. The summed E-state index contributed by atoms with van der Waals surface area (Å²) in [6.07, 6.45) is 0. The maximum atomic E-state index is 12.5. The van der Waals surface area contributed by atoms with Crippen LogP contribution >= 0.6 is 0 Å². The fraction of sp³-hybridized carbons (Fsp3) is 0.143. The van der Waals surface area contributed by atoms with E-state index in [9.17, 15) is 13.2 Å². The summed E-state index contributed by atoms with van der Waals surface area (Å²) in [5.74, 6) is -3.91. The molecule has 0 saturated heterocycles. The van der Waals surface area contributed by atoms with Gasteiger partial charge in [0.2, 0.25) is 0 Å². The van der Waals surface area contributed by atoms with Crippen LogP contribution in [0.1, 0.15) is 0 Å². The minimum atomic E-state index is -1.27. The molecule has 4 heteroatoms. The Hall–Kier alpha value is -1.19. The monoisotopic (exact) mass is 161 g/mol. The molecule has 0 aliphatic heterocycles. The maximum Gasteiger partial charge on any atom is 0.170 e. The standard InChI is InChI=1S/C7H4F3O/c1-11-7-3-5(9)4(8)2-6(7)10/h2H,1H3. The van der Waals surface area contributed by atoms with Gasteiger partial charge in [0, 0.05) is 6.07 Å².